The smallest absolute Gasteiger partial charge is 0.237 e. The standard InChI is InChI=1S/C18H18N4O3S3/c1-11(16(23)20-12-4-5-14-15(9-12)25-10-24-14)27-18-22-21-17(28-18)19-7-6-13-3-2-8-26-13/h2-5,8-9,11H,6-7,10H2,1H3,(H,19,21)(H,20,23)/t11-/m1/s1. The summed E-state index contributed by atoms with van der Waals surface area (Å²) in [6.07, 6.45) is 0.952. The number of hydrogen-bond donors (Lipinski definition) is 2. The lowest BCUT2D eigenvalue weighted by molar-refractivity contribution is -0.115. The Hall–Kier alpha value is -2.30. The van der Waals surface area contributed by atoms with Crippen molar-refractivity contribution in [3.05, 3.63) is 40.6 Å². The summed E-state index contributed by atoms with van der Waals surface area (Å²) in [4.78, 5) is 13.8. The fourth-order valence-corrected chi connectivity index (χ4v) is 5.13. The highest BCUT2D eigenvalue weighted by molar-refractivity contribution is 8.02. The van der Waals surface area contributed by atoms with Crippen molar-refractivity contribution in [3.8, 4) is 11.5 Å². The van der Waals surface area contributed by atoms with Gasteiger partial charge >= 0.3 is 0 Å². The third-order valence-electron chi connectivity index (χ3n) is 3.92. The van der Waals surface area contributed by atoms with E-state index < -0.39 is 0 Å². The minimum atomic E-state index is -0.308. The first-order chi connectivity index (χ1) is 13.7. The number of nitrogens with one attached hydrogen (secondary N) is 2. The van der Waals surface area contributed by atoms with Gasteiger partial charge in [0.25, 0.3) is 0 Å². The molecule has 1 aliphatic heterocycles. The maximum absolute atomic E-state index is 12.5. The Labute approximate surface area is 174 Å². The van der Waals surface area contributed by atoms with E-state index in [0.29, 0.717) is 17.2 Å². The number of carbonyl (C=O) groups excluding carboxylic acids is 1. The molecule has 3 aromatic rings. The average molecular weight is 435 g/mol. The van der Waals surface area contributed by atoms with Crippen molar-refractivity contribution in [2.24, 2.45) is 0 Å². The first kappa shape index (κ1) is 19.0. The van der Waals surface area contributed by atoms with E-state index in [-0.39, 0.29) is 18.0 Å². The summed E-state index contributed by atoms with van der Waals surface area (Å²) >= 11 is 4.59. The van der Waals surface area contributed by atoms with Crippen LogP contribution in [0.5, 0.6) is 11.5 Å². The van der Waals surface area contributed by atoms with Gasteiger partial charge in [-0.15, -0.1) is 21.5 Å². The first-order valence-corrected chi connectivity index (χ1v) is 11.2. The van der Waals surface area contributed by atoms with Crippen molar-refractivity contribution in [1.29, 1.82) is 0 Å². The van der Waals surface area contributed by atoms with Gasteiger partial charge in [-0.3, -0.25) is 4.79 Å². The molecule has 4 rings (SSSR count). The van der Waals surface area contributed by atoms with Crippen LogP contribution in [0.2, 0.25) is 0 Å². The van der Waals surface area contributed by atoms with Gasteiger partial charge in [-0.1, -0.05) is 29.2 Å². The van der Waals surface area contributed by atoms with Gasteiger partial charge in [-0.2, -0.15) is 0 Å². The van der Waals surface area contributed by atoms with Crippen LogP contribution in [-0.4, -0.2) is 34.7 Å². The molecule has 0 bridgehead atoms. The second kappa shape index (κ2) is 8.80. The van der Waals surface area contributed by atoms with Crippen molar-refractivity contribution in [2.75, 3.05) is 24.0 Å². The highest BCUT2D eigenvalue weighted by Crippen LogP contribution is 2.35. The molecule has 0 spiro atoms. The number of carbonyl (C=O) groups is 1. The van der Waals surface area contributed by atoms with Gasteiger partial charge in [0.1, 0.15) is 0 Å². The molecule has 0 saturated heterocycles. The van der Waals surface area contributed by atoms with E-state index in [9.17, 15) is 4.79 Å². The Balaban J connectivity index is 1.26. The number of nitrogens with zero attached hydrogens (tertiary/aromatic N) is 2. The summed E-state index contributed by atoms with van der Waals surface area (Å²) in [5, 5.41) is 17.0. The second-order valence-corrected chi connectivity index (χ2v) is 9.54. The summed E-state index contributed by atoms with van der Waals surface area (Å²) in [5.41, 5.74) is 0.676. The zero-order valence-electron chi connectivity index (χ0n) is 15.0. The number of amides is 1. The number of fused-ring (bicyclic) bond motifs is 1. The van der Waals surface area contributed by atoms with Crippen molar-refractivity contribution < 1.29 is 14.3 Å². The van der Waals surface area contributed by atoms with Crippen molar-refractivity contribution in [2.45, 2.75) is 22.9 Å². The molecule has 2 aromatic heterocycles. The topological polar surface area (TPSA) is 85.4 Å². The molecule has 1 aliphatic rings. The molecule has 0 unspecified atom stereocenters. The van der Waals surface area contributed by atoms with E-state index in [1.807, 2.05) is 6.92 Å². The lowest BCUT2D eigenvalue weighted by Crippen LogP contribution is -2.22. The van der Waals surface area contributed by atoms with Crippen LogP contribution in [0.3, 0.4) is 0 Å². The highest BCUT2D eigenvalue weighted by atomic mass is 32.2. The molecular formula is C18H18N4O3S3. The van der Waals surface area contributed by atoms with Crippen molar-refractivity contribution in [3.63, 3.8) is 0 Å². The van der Waals surface area contributed by atoms with Gasteiger partial charge < -0.3 is 20.1 Å². The Morgan fingerprint density at radius 3 is 3.04 bits per heavy atom. The van der Waals surface area contributed by atoms with E-state index in [1.165, 1.54) is 28.0 Å². The molecule has 0 fully saturated rings. The Bertz CT molecular complexity index is 945. The van der Waals surface area contributed by atoms with E-state index >= 15 is 0 Å². The summed E-state index contributed by atoms with van der Waals surface area (Å²) in [6, 6.07) is 9.51. The van der Waals surface area contributed by atoms with E-state index in [0.717, 1.165) is 22.4 Å². The van der Waals surface area contributed by atoms with Crippen LogP contribution in [0.4, 0.5) is 10.8 Å². The van der Waals surface area contributed by atoms with E-state index in [2.05, 4.69) is 38.3 Å². The van der Waals surface area contributed by atoms with Crippen LogP contribution < -0.4 is 20.1 Å². The van der Waals surface area contributed by atoms with Crippen molar-refractivity contribution in [1.82, 2.24) is 10.2 Å². The number of ether oxygens (including phenoxy) is 2. The summed E-state index contributed by atoms with van der Waals surface area (Å²) in [5.74, 6) is 1.22. The third kappa shape index (κ3) is 4.75. The normalized spacial score (nSPS) is 13.3. The van der Waals surface area contributed by atoms with Crippen LogP contribution in [0, 0.1) is 0 Å². The molecule has 2 N–H and O–H groups in total. The van der Waals surface area contributed by atoms with Crippen molar-refractivity contribution >= 4 is 51.2 Å². The molecule has 1 atom stereocenters. The Morgan fingerprint density at radius 2 is 2.18 bits per heavy atom. The van der Waals surface area contributed by atoms with Gasteiger partial charge in [-0.05, 0) is 36.9 Å². The minimum absolute atomic E-state index is 0.105. The van der Waals surface area contributed by atoms with Gasteiger partial charge in [0.15, 0.2) is 15.8 Å². The van der Waals surface area contributed by atoms with Crippen LogP contribution in [0.1, 0.15) is 11.8 Å². The quantitative estimate of drug-likeness (QED) is 0.516. The third-order valence-corrected chi connectivity index (χ3v) is 6.92. The van der Waals surface area contributed by atoms with Gasteiger partial charge in [0.05, 0.1) is 5.25 Å². The second-order valence-electron chi connectivity index (χ2n) is 5.95. The van der Waals surface area contributed by atoms with Crippen LogP contribution >= 0.6 is 34.4 Å². The molecule has 0 aliphatic carbocycles. The predicted octanol–water partition coefficient (Wildman–Crippen LogP) is 4.10. The maximum atomic E-state index is 12.5. The molecule has 7 nitrogen and oxygen atoms in total. The zero-order valence-corrected chi connectivity index (χ0v) is 17.5. The van der Waals surface area contributed by atoms with E-state index in [4.69, 9.17) is 9.47 Å². The predicted molar refractivity (Wildman–Crippen MR) is 113 cm³/mol. The molecule has 1 aromatic carbocycles. The van der Waals surface area contributed by atoms with Crippen LogP contribution in [0.15, 0.2) is 40.1 Å². The lowest BCUT2D eigenvalue weighted by Gasteiger charge is -2.10. The average Bonchev–Trinajstić information content (AvgIpc) is 3.43. The zero-order chi connectivity index (χ0) is 19.3. The van der Waals surface area contributed by atoms with Gasteiger partial charge in [0, 0.05) is 23.2 Å². The number of benzene rings is 1. The Kier molecular flexibility index (Phi) is 5.98. The largest absolute Gasteiger partial charge is 0.454 e. The maximum Gasteiger partial charge on any atom is 0.237 e. The minimum Gasteiger partial charge on any atom is -0.454 e. The lowest BCUT2D eigenvalue weighted by atomic mass is 10.2. The summed E-state index contributed by atoms with van der Waals surface area (Å²) < 4.78 is 11.4. The molecule has 3 heterocycles. The van der Waals surface area contributed by atoms with Gasteiger partial charge in [-0.25, -0.2) is 0 Å². The monoisotopic (exact) mass is 434 g/mol. The number of thiophene rings is 1. The number of anilines is 2. The molecule has 28 heavy (non-hydrogen) atoms. The fraction of sp³-hybridized carbons (Fsp3) is 0.278. The molecule has 0 radical (unpaired) electrons. The Morgan fingerprint density at radius 1 is 1.29 bits per heavy atom. The van der Waals surface area contributed by atoms with Crippen LogP contribution in [-0.2, 0) is 11.2 Å². The molecule has 10 heteroatoms. The summed E-state index contributed by atoms with van der Waals surface area (Å²) in [7, 11) is 0. The number of rotatable bonds is 8. The van der Waals surface area contributed by atoms with E-state index in [1.54, 1.807) is 29.5 Å². The molecule has 1 amide bonds. The highest BCUT2D eigenvalue weighted by Gasteiger charge is 2.19. The number of aromatic nitrogens is 2. The first-order valence-electron chi connectivity index (χ1n) is 8.64. The van der Waals surface area contributed by atoms with Gasteiger partial charge in [0.2, 0.25) is 17.8 Å². The molecular weight excluding hydrogens is 416 g/mol. The number of thioether (sulfide) groups is 1. The SMILES string of the molecule is C[C@@H](Sc1nnc(NCCc2cccs2)s1)C(=O)Nc1ccc2c(c1)OCO2. The number of hydrogen-bond acceptors (Lipinski definition) is 9. The summed E-state index contributed by atoms with van der Waals surface area (Å²) in [6.45, 7) is 2.86. The fourth-order valence-electron chi connectivity index (χ4n) is 2.50. The van der Waals surface area contributed by atoms with Crippen LogP contribution in [0.25, 0.3) is 0 Å². The molecule has 0 saturated carbocycles. The molecule has 146 valence electrons.